The first kappa shape index (κ1) is 24.8. The molecule has 10 heteroatoms. The van der Waals surface area contributed by atoms with Crippen LogP contribution in [-0.4, -0.2) is 41.3 Å². The van der Waals surface area contributed by atoms with Gasteiger partial charge in [0.05, 0.1) is 30.3 Å². The summed E-state index contributed by atoms with van der Waals surface area (Å²) < 4.78 is 11.4. The van der Waals surface area contributed by atoms with Gasteiger partial charge in [0.25, 0.3) is 17.4 Å². The molecule has 3 N–H and O–H groups in total. The maximum absolute atomic E-state index is 12.9. The van der Waals surface area contributed by atoms with Crippen LogP contribution in [0.3, 0.4) is 0 Å². The van der Waals surface area contributed by atoms with Crippen molar-refractivity contribution >= 4 is 35.0 Å². The Bertz CT molecular complexity index is 1210. The first-order valence-electron chi connectivity index (χ1n) is 10.7. The number of rotatable bonds is 10. The van der Waals surface area contributed by atoms with Gasteiger partial charge in [-0.15, -0.1) is 0 Å². The number of carbonyl (C=O) groups is 2. The molecule has 0 bridgehead atoms. The number of hydrogen-bond donors (Lipinski definition) is 3. The predicted molar refractivity (Wildman–Crippen MR) is 133 cm³/mol. The molecule has 0 fully saturated rings. The second kappa shape index (κ2) is 11.9. The summed E-state index contributed by atoms with van der Waals surface area (Å²) in [6.07, 6.45) is 1.87. The Morgan fingerprint density at radius 2 is 1.53 bits per heavy atom. The monoisotopic (exact) mass is 482 g/mol. The minimum Gasteiger partial charge on any atom is -0.492 e. The Labute approximate surface area is 201 Å². The molecule has 34 heavy (non-hydrogen) atoms. The van der Waals surface area contributed by atoms with Gasteiger partial charge in [0.15, 0.2) is 0 Å². The highest BCUT2D eigenvalue weighted by molar-refractivity contribution is 7.97. The molecule has 0 unspecified atom stereocenters. The van der Waals surface area contributed by atoms with E-state index in [1.165, 1.54) is 11.8 Å². The predicted octanol–water partition coefficient (Wildman–Crippen LogP) is 3.93. The molecule has 1 aromatic heterocycles. The lowest BCUT2D eigenvalue weighted by atomic mass is 10.2. The topological polar surface area (TPSA) is 122 Å². The fraction of sp³-hybridized carbons (Fsp3) is 0.250. The third-order valence-electron chi connectivity index (χ3n) is 4.52. The van der Waals surface area contributed by atoms with Crippen LogP contribution in [0.25, 0.3) is 0 Å². The van der Waals surface area contributed by atoms with Gasteiger partial charge in [-0.2, -0.15) is 11.8 Å². The van der Waals surface area contributed by atoms with Gasteiger partial charge in [0.1, 0.15) is 23.0 Å². The van der Waals surface area contributed by atoms with Gasteiger partial charge < -0.3 is 25.1 Å². The number of nitrogens with one attached hydrogen (secondary N) is 3. The first-order valence-corrected chi connectivity index (χ1v) is 12.0. The van der Waals surface area contributed by atoms with Crippen molar-refractivity contribution in [1.82, 2.24) is 9.97 Å². The standard InChI is InChI=1S/C24H26N4O5S/c1-4-32-19-12-17(27-24(31)18-13-22(29)28-21(25-18)14-34-3)20(33-5-2)11-16(19)26-23(30)15-9-7-6-8-10-15/h6-13H,4-5,14H2,1-3H3,(H,26,30)(H,27,31)(H,25,28,29). The molecule has 0 spiro atoms. The number of nitrogens with zero attached hydrogens (tertiary/aromatic N) is 1. The molecule has 1 heterocycles. The smallest absolute Gasteiger partial charge is 0.274 e. The Morgan fingerprint density at radius 1 is 0.941 bits per heavy atom. The first-order chi connectivity index (χ1) is 16.4. The second-order valence-electron chi connectivity index (χ2n) is 7.00. The Balaban J connectivity index is 1.94. The zero-order chi connectivity index (χ0) is 24.5. The van der Waals surface area contributed by atoms with Crippen molar-refractivity contribution in [2.45, 2.75) is 19.6 Å². The quantitative estimate of drug-likeness (QED) is 0.400. The summed E-state index contributed by atoms with van der Waals surface area (Å²) in [6, 6.07) is 13.1. The molecular weight excluding hydrogens is 456 g/mol. The van der Waals surface area contributed by atoms with Crippen LogP contribution in [0, 0.1) is 0 Å². The number of thioether (sulfide) groups is 1. The molecule has 2 amide bonds. The molecule has 0 saturated carbocycles. The normalized spacial score (nSPS) is 10.4. The molecule has 0 aliphatic heterocycles. The average Bonchev–Trinajstić information content (AvgIpc) is 2.82. The molecule has 3 rings (SSSR count). The van der Waals surface area contributed by atoms with Crippen molar-refractivity contribution in [2.75, 3.05) is 30.1 Å². The largest absolute Gasteiger partial charge is 0.492 e. The second-order valence-corrected chi connectivity index (χ2v) is 7.86. The van der Waals surface area contributed by atoms with Crippen molar-refractivity contribution in [3.63, 3.8) is 0 Å². The van der Waals surface area contributed by atoms with Crippen LogP contribution in [0.5, 0.6) is 11.5 Å². The van der Waals surface area contributed by atoms with Crippen LogP contribution in [0.15, 0.2) is 53.3 Å². The zero-order valence-corrected chi connectivity index (χ0v) is 20.0. The number of hydrogen-bond acceptors (Lipinski definition) is 7. The lowest BCUT2D eigenvalue weighted by Gasteiger charge is -2.18. The zero-order valence-electron chi connectivity index (χ0n) is 19.1. The summed E-state index contributed by atoms with van der Waals surface area (Å²) in [5, 5.41) is 5.58. The molecule has 9 nitrogen and oxygen atoms in total. The number of H-pyrrole nitrogens is 1. The Hall–Kier alpha value is -3.79. The van der Waals surface area contributed by atoms with Crippen molar-refractivity contribution in [2.24, 2.45) is 0 Å². The summed E-state index contributed by atoms with van der Waals surface area (Å²) in [4.78, 5) is 44.4. The van der Waals surface area contributed by atoms with E-state index in [2.05, 4.69) is 20.6 Å². The van der Waals surface area contributed by atoms with Gasteiger partial charge in [-0.1, -0.05) is 18.2 Å². The van der Waals surface area contributed by atoms with Crippen LogP contribution in [0.4, 0.5) is 11.4 Å². The maximum atomic E-state index is 12.9. The van der Waals surface area contributed by atoms with E-state index < -0.39 is 11.5 Å². The number of amides is 2. The van der Waals surface area contributed by atoms with E-state index in [9.17, 15) is 14.4 Å². The van der Waals surface area contributed by atoms with Gasteiger partial charge in [0.2, 0.25) is 0 Å². The fourth-order valence-electron chi connectivity index (χ4n) is 3.11. The summed E-state index contributed by atoms with van der Waals surface area (Å²) >= 11 is 1.47. The molecule has 0 saturated heterocycles. The highest BCUT2D eigenvalue weighted by atomic mass is 32.2. The van der Waals surface area contributed by atoms with Crippen LogP contribution < -0.4 is 25.7 Å². The molecule has 3 aromatic rings. The molecule has 0 radical (unpaired) electrons. The van der Waals surface area contributed by atoms with Gasteiger partial charge in [-0.05, 0) is 32.2 Å². The van der Waals surface area contributed by atoms with Crippen molar-refractivity contribution in [3.8, 4) is 11.5 Å². The van der Waals surface area contributed by atoms with Crippen molar-refractivity contribution in [3.05, 3.63) is 76.0 Å². The lowest BCUT2D eigenvalue weighted by molar-refractivity contribution is 0.101. The average molecular weight is 483 g/mol. The highest BCUT2D eigenvalue weighted by Crippen LogP contribution is 2.37. The van der Waals surface area contributed by atoms with Crippen molar-refractivity contribution < 1.29 is 19.1 Å². The highest BCUT2D eigenvalue weighted by Gasteiger charge is 2.18. The molecule has 0 aliphatic rings. The number of aromatic nitrogens is 2. The fourth-order valence-corrected chi connectivity index (χ4v) is 3.52. The number of carbonyl (C=O) groups excluding carboxylic acids is 2. The van der Waals surface area contributed by atoms with E-state index >= 15 is 0 Å². The Morgan fingerprint density at radius 3 is 2.09 bits per heavy atom. The third-order valence-corrected chi connectivity index (χ3v) is 5.08. The van der Waals surface area contributed by atoms with Crippen LogP contribution in [-0.2, 0) is 5.75 Å². The van der Waals surface area contributed by atoms with E-state index in [1.807, 2.05) is 19.2 Å². The van der Waals surface area contributed by atoms with E-state index in [0.717, 1.165) is 6.07 Å². The summed E-state index contributed by atoms with van der Waals surface area (Å²) in [5.74, 6) is 0.673. The summed E-state index contributed by atoms with van der Waals surface area (Å²) in [7, 11) is 0. The van der Waals surface area contributed by atoms with Gasteiger partial charge in [0, 0.05) is 23.8 Å². The lowest BCUT2D eigenvalue weighted by Crippen LogP contribution is -2.21. The number of aromatic amines is 1. The molecule has 0 aliphatic carbocycles. The third kappa shape index (κ3) is 6.38. The number of benzene rings is 2. The molecule has 178 valence electrons. The SMILES string of the molecule is CCOc1cc(NC(=O)c2cc(=O)[nH]c(CSC)n2)c(OCC)cc1NC(=O)c1ccccc1. The van der Waals surface area contributed by atoms with E-state index in [-0.39, 0.29) is 11.6 Å². The van der Waals surface area contributed by atoms with Crippen molar-refractivity contribution in [1.29, 1.82) is 0 Å². The summed E-state index contributed by atoms with van der Waals surface area (Å²) in [6.45, 7) is 4.27. The van der Waals surface area contributed by atoms with Crippen LogP contribution in [0.1, 0.15) is 40.5 Å². The van der Waals surface area contributed by atoms with Crippen LogP contribution in [0.2, 0.25) is 0 Å². The molecule has 2 aromatic carbocycles. The van der Waals surface area contributed by atoms with Gasteiger partial charge in [-0.3, -0.25) is 14.4 Å². The number of ether oxygens (including phenoxy) is 2. The minimum atomic E-state index is -0.571. The maximum Gasteiger partial charge on any atom is 0.274 e. The Kier molecular flexibility index (Phi) is 8.69. The minimum absolute atomic E-state index is 0.0188. The number of anilines is 2. The van der Waals surface area contributed by atoms with E-state index in [4.69, 9.17) is 9.47 Å². The van der Waals surface area contributed by atoms with Gasteiger partial charge in [-0.25, -0.2) is 4.98 Å². The summed E-state index contributed by atoms with van der Waals surface area (Å²) in [5.41, 5.74) is 0.773. The van der Waals surface area contributed by atoms with Crippen LogP contribution >= 0.6 is 11.8 Å². The van der Waals surface area contributed by atoms with E-state index in [0.29, 0.717) is 53.2 Å². The molecule has 0 atom stereocenters. The molecular formula is C24H26N4O5S. The van der Waals surface area contributed by atoms with Gasteiger partial charge >= 0.3 is 0 Å². The van der Waals surface area contributed by atoms with E-state index in [1.54, 1.807) is 43.3 Å².